The quantitative estimate of drug-likeness (QED) is 0.924. The summed E-state index contributed by atoms with van der Waals surface area (Å²) in [5.74, 6) is 0.644. The van der Waals surface area contributed by atoms with Gasteiger partial charge in [-0.15, -0.1) is 10.2 Å². The number of nitrogens with zero attached hydrogens (tertiary/aromatic N) is 3. The largest absolute Gasteiger partial charge is 0.485 e. The Kier molecular flexibility index (Phi) is 2.91. The molecule has 15 heavy (non-hydrogen) atoms. The van der Waals surface area contributed by atoms with Crippen molar-refractivity contribution in [2.24, 2.45) is 0 Å². The third-order valence-corrected chi connectivity index (χ3v) is 2.26. The lowest BCUT2D eigenvalue weighted by atomic mass is 10.3. The summed E-state index contributed by atoms with van der Waals surface area (Å²) >= 11 is 3.06. The number of rotatable bonds is 3. The fraction of sp³-hybridized carbons (Fsp3) is 0.125. The third-order valence-electron chi connectivity index (χ3n) is 1.65. The summed E-state index contributed by atoms with van der Waals surface area (Å²) in [4.78, 5) is 0. The molecule has 7 heteroatoms. The first kappa shape index (κ1) is 10.0. The van der Waals surface area contributed by atoms with Gasteiger partial charge in [-0.25, -0.2) is 4.39 Å². The Hall–Kier alpha value is -1.50. The number of ether oxygens (including phenoxy) is 1. The van der Waals surface area contributed by atoms with Gasteiger partial charge in [0.05, 0.1) is 4.47 Å². The number of H-pyrrole nitrogens is 1. The van der Waals surface area contributed by atoms with Gasteiger partial charge in [-0.3, -0.25) is 0 Å². The smallest absolute Gasteiger partial charge is 0.211 e. The zero-order chi connectivity index (χ0) is 10.7. The lowest BCUT2D eigenvalue weighted by molar-refractivity contribution is 0.295. The van der Waals surface area contributed by atoms with Crippen LogP contribution in [0, 0.1) is 5.82 Å². The molecule has 1 aromatic heterocycles. The standard InChI is InChI=1S/C8H6BrFN4O/c9-6-3-5(1-2-7(6)10)15-4-8-11-13-14-12-8/h1-3H,4H2,(H,11,12,13,14). The molecule has 0 fully saturated rings. The predicted molar refractivity (Wildman–Crippen MR) is 52.6 cm³/mol. The fourth-order valence-corrected chi connectivity index (χ4v) is 1.32. The fourth-order valence-electron chi connectivity index (χ4n) is 0.958. The van der Waals surface area contributed by atoms with Gasteiger partial charge in [0.1, 0.15) is 11.6 Å². The average Bonchev–Trinajstić information content (AvgIpc) is 2.73. The number of tetrazole rings is 1. The summed E-state index contributed by atoms with van der Waals surface area (Å²) in [5.41, 5.74) is 0. The van der Waals surface area contributed by atoms with Gasteiger partial charge in [0.25, 0.3) is 0 Å². The van der Waals surface area contributed by atoms with Crippen LogP contribution < -0.4 is 4.74 Å². The molecule has 0 unspecified atom stereocenters. The van der Waals surface area contributed by atoms with E-state index in [9.17, 15) is 4.39 Å². The van der Waals surface area contributed by atoms with Gasteiger partial charge in [0.2, 0.25) is 5.82 Å². The van der Waals surface area contributed by atoms with Gasteiger partial charge in [-0.2, -0.15) is 5.21 Å². The molecule has 1 heterocycles. The number of nitrogens with one attached hydrogen (secondary N) is 1. The SMILES string of the molecule is Fc1ccc(OCc2nn[nH]n2)cc1Br. The normalized spacial score (nSPS) is 10.3. The highest BCUT2D eigenvalue weighted by atomic mass is 79.9. The second-order valence-electron chi connectivity index (χ2n) is 2.69. The van der Waals surface area contributed by atoms with Gasteiger partial charge < -0.3 is 4.74 Å². The highest BCUT2D eigenvalue weighted by Gasteiger charge is 2.03. The van der Waals surface area contributed by atoms with Crippen molar-refractivity contribution >= 4 is 15.9 Å². The van der Waals surface area contributed by atoms with Gasteiger partial charge in [0.15, 0.2) is 6.61 Å². The second-order valence-corrected chi connectivity index (χ2v) is 3.55. The first-order valence-corrected chi connectivity index (χ1v) is 4.85. The Labute approximate surface area is 92.8 Å². The molecule has 0 amide bonds. The zero-order valence-electron chi connectivity index (χ0n) is 7.44. The molecule has 0 bridgehead atoms. The lowest BCUT2D eigenvalue weighted by Gasteiger charge is -2.03. The van der Waals surface area contributed by atoms with Crippen LogP contribution in [-0.4, -0.2) is 20.6 Å². The van der Waals surface area contributed by atoms with Crippen LogP contribution in [0.2, 0.25) is 0 Å². The average molecular weight is 273 g/mol. The molecule has 0 aliphatic heterocycles. The van der Waals surface area contributed by atoms with E-state index < -0.39 is 0 Å². The molecule has 0 aliphatic carbocycles. The molecule has 0 radical (unpaired) electrons. The Morgan fingerprint density at radius 2 is 2.33 bits per heavy atom. The molecule has 78 valence electrons. The van der Waals surface area contributed by atoms with Crippen molar-refractivity contribution in [3.63, 3.8) is 0 Å². The highest BCUT2D eigenvalue weighted by Crippen LogP contribution is 2.21. The summed E-state index contributed by atoms with van der Waals surface area (Å²) in [7, 11) is 0. The minimum atomic E-state index is -0.332. The molecule has 2 aromatic rings. The maximum Gasteiger partial charge on any atom is 0.211 e. The number of benzene rings is 1. The van der Waals surface area contributed by atoms with Gasteiger partial charge in [0, 0.05) is 0 Å². The van der Waals surface area contributed by atoms with Crippen molar-refractivity contribution in [2.45, 2.75) is 6.61 Å². The molecule has 0 saturated heterocycles. The molecule has 2 rings (SSSR count). The Bertz CT molecular complexity index is 448. The van der Waals surface area contributed by atoms with Crippen LogP contribution in [0.3, 0.4) is 0 Å². The Balaban J connectivity index is 2.02. The van der Waals surface area contributed by atoms with Crippen molar-refractivity contribution in [1.29, 1.82) is 0 Å². The Morgan fingerprint density at radius 3 is 3.00 bits per heavy atom. The molecule has 0 saturated carbocycles. The monoisotopic (exact) mass is 272 g/mol. The second kappa shape index (κ2) is 4.35. The van der Waals surface area contributed by atoms with Crippen LogP contribution in [0.15, 0.2) is 22.7 Å². The topological polar surface area (TPSA) is 63.7 Å². The Morgan fingerprint density at radius 1 is 1.47 bits per heavy atom. The van der Waals surface area contributed by atoms with Crippen molar-refractivity contribution in [3.05, 3.63) is 34.3 Å². The minimum Gasteiger partial charge on any atom is -0.485 e. The van der Waals surface area contributed by atoms with Crippen LogP contribution in [0.25, 0.3) is 0 Å². The number of aromatic amines is 1. The van der Waals surface area contributed by atoms with Crippen LogP contribution in [0.1, 0.15) is 5.82 Å². The van der Waals surface area contributed by atoms with Crippen LogP contribution in [0.4, 0.5) is 4.39 Å². The van der Waals surface area contributed by atoms with Crippen LogP contribution >= 0.6 is 15.9 Å². The van der Waals surface area contributed by atoms with E-state index in [0.717, 1.165) is 0 Å². The summed E-state index contributed by atoms with van der Waals surface area (Å²) in [6.07, 6.45) is 0. The molecule has 0 aliphatic rings. The van der Waals surface area contributed by atoms with E-state index >= 15 is 0 Å². The summed E-state index contributed by atoms with van der Waals surface area (Å²) in [6, 6.07) is 4.38. The zero-order valence-corrected chi connectivity index (χ0v) is 9.03. The highest BCUT2D eigenvalue weighted by molar-refractivity contribution is 9.10. The van der Waals surface area contributed by atoms with Crippen molar-refractivity contribution in [3.8, 4) is 5.75 Å². The molecule has 0 atom stereocenters. The summed E-state index contributed by atoms with van der Waals surface area (Å²) < 4.78 is 18.5. The van der Waals surface area contributed by atoms with Crippen molar-refractivity contribution in [2.75, 3.05) is 0 Å². The number of halogens is 2. The first-order valence-electron chi connectivity index (χ1n) is 4.06. The van der Waals surface area contributed by atoms with E-state index in [2.05, 4.69) is 36.6 Å². The van der Waals surface area contributed by atoms with E-state index in [1.807, 2.05) is 0 Å². The van der Waals surface area contributed by atoms with E-state index in [1.165, 1.54) is 18.2 Å². The number of aromatic nitrogens is 4. The third kappa shape index (κ3) is 2.50. The molecular weight excluding hydrogens is 267 g/mol. The maximum absolute atomic E-state index is 12.9. The van der Waals surface area contributed by atoms with E-state index in [1.54, 1.807) is 0 Å². The van der Waals surface area contributed by atoms with E-state index in [0.29, 0.717) is 16.0 Å². The van der Waals surface area contributed by atoms with Gasteiger partial charge >= 0.3 is 0 Å². The predicted octanol–water partition coefficient (Wildman–Crippen LogP) is 1.68. The van der Waals surface area contributed by atoms with Crippen molar-refractivity contribution < 1.29 is 9.13 Å². The molecule has 5 nitrogen and oxygen atoms in total. The molecular formula is C8H6BrFN4O. The maximum atomic E-state index is 12.9. The number of hydrogen-bond acceptors (Lipinski definition) is 4. The van der Waals surface area contributed by atoms with E-state index in [4.69, 9.17) is 4.74 Å². The van der Waals surface area contributed by atoms with Gasteiger partial charge in [-0.05, 0) is 34.1 Å². The lowest BCUT2D eigenvalue weighted by Crippen LogP contribution is -1.97. The van der Waals surface area contributed by atoms with Gasteiger partial charge in [-0.1, -0.05) is 5.21 Å². The van der Waals surface area contributed by atoms with E-state index in [-0.39, 0.29) is 12.4 Å². The summed E-state index contributed by atoms with van der Waals surface area (Å²) in [5, 5.41) is 13.1. The molecule has 1 N–H and O–H groups in total. The van der Waals surface area contributed by atoms with Crippen molar-refractivity contribution in [1.82, 2.24) is 20.6 Å². The number of hydrogen-bond donors (Lipinski definition) is 1. The van der Waals surface area contributed by atoms with Crippen LogP contribution in [-0.2, 0) is 6.61 Å². The van der Waals surface area contributed by atoms with Crippen LogP contribution in [0.5, 0.6) is 5.75 Å². The first-order chi connectivity index (χ1) is 7.25. The minimum absolute atomic E-state index is 0.189. The molecule has 0 spiro atoms. The summed E-state index contributed by atoms with van der Waals surface area (Å²) in [6.45, 7) is 0.189. The molecule has 1 aromatic carbocycles.